The SMILES string of the molecule is O=C(c1ccc(C2(O)COC2)cc1)N1CCc2cc(Oc3ccc(C(F)(F)F)cc3)ccc21. The van der Waals surface area contributed by atoms with Gasteiger partial charge in [0, 0.05) is 17.8 Å². The van der Waals surface area contributed by atoms with E-state index < -0.39 is 17.3 Å². The Kier molecular flexibility index (Phi) is 5.14. The largest absolute Gasteiger partial charge is 0.457 e. The monoisotopic (exact) mass is 455 g/mol. The van der Waals surface area contributed by atoms with E-state index in [4.69, 9.17) is 9.47 Å². The minimum absolute atomic E-state index is 0.145. The lowest BCUT2D eigenvalue weighted by Gasteiger charge is -2.36. The third kappa shape index (κ3) is 4.07. The number of fused-ring (bicyclic) bond motifs is 1. The molecule has 2 aliphatic heterocycles. The summed E-state index contributed by atoms with van der Waals surface area (Å²) < 4.78 is 49.0. The molecule has 2 aliphatic rings. The quantitative estimate of drug-likeness (QED) is 0.607. The molecule has 1 fully saturated rings. The van der Waals surface area contributed by atoms with Gasteiger partial charge in [-0.25, -0.2) is 0 Å². The van der Waals surface area contributed by atoms with Gasteiger partial charge in [0.1, 0.15) is 17.1 Å². The molecule has 1 amide bonds. The second kappa shape index (κ2) is 7.90. The molecule has 3 aromatic rings. The molecule has 1 N–H and O–H groups in total. The van der Waals surface area contributed by atoms with Crippen LogP contribution >= 0.6 is 0 Å². The van der Waals surface area contributed by atoms with Crippen molar-refractivity contribution in [2.45, 2.75) is 18.2 Å². The predicted octanol–water partition coefficient (Wildman–Crippen LogP) is 4.92. The lowest BCUT2D eigenvalue weighted by molar-refractivity contribution is -0.184. The first kappa shape index (κ1) is 21.5. The van der Waals surface area contributed by atoms with E-state index in [9.17, 15) is 23.1 Å². The number of ether oxygens (including phenoxy) is 2. The van der Waals surface area contributed by atoms with Gasteiger partial charge in [0.25, 0.3) is 5.91 Å². The number of hydrogen-bond acceptors (Lipinski definition) is 4. The van der Waals surface area contributed by atoms with Gasteiger partial charge in [-0.1, -0.05) is 12.1 Å². The van der Waals surface area contributed by atoms with Gasteiger partial charge < -0.3 is 19.5 Å². The Morgan fingerprint density at radius 1 is 0.970 bits per heavy atom. The third-order valence-electron chi connectivity index (χ3n) is 5.96. The van der Waals surface area contributed by atoms with E-state index in [-0.39, 0.29) is 19.1 Å². The van der Waals surface area contributed by atoms with Crippen molar-refractivity contribution in [1.29, 1.82) is 0 Å². The molecule has 0 spiro atoms. The molecule has 1 saturated heterocycles. The molecule has 5 nitrogen and oxygen atoms in total. The molecule has 0 bridgehead atoms. The van der Waals surface area contributed by atoms with Crippen molar-refractivity contribution in [3.05, 3.63) is 89.0 Å². The van der Waals surface area contributed by atoms with Crippen molar-refractivity contribution < 1.29 is 32.5 Å². The second-order valence-corrected chi connectivity index (χ2v) is 8.22. The van der Waals surface area contributed by atoms with Crippen molar-refractivity contribution in [2.75, 3.05) is 24.7 Å². The molecule has 0 unspecified atom stereocenters. The highest BCUT2D eigenvalue weighted by molar-refractivity contribution is 6.07. The lowest BCUT2D eigenvalue weighted by Crippen LogP contribution is -2.46. The summed E-state index contributed by atoms with van der Waals surface area (Å²) >= 11 is 0. The summed E-state index contributed by atoms with van der Waals surface area (Å²) in [6.07, 6.45) is -3.76. The van der Waals surface area contributed by atoms with E-state index >= 15 is 0 Å². The standard InChI is InChI=1S/C25H20F3NO4/c26-25(27,28)19-5-7-20(8-6-19)33-21-9-10-22-17(13-21)11-12-29(22)23(30)16-1-3-18(4-2-16)24(31)14-32-15-24/h1-10,13,31H,11-12,14-15H2. The van der Waals surface area contributed by atoms with Crippen molar-refractivity contribution in [3.63, 3.8) is 0 Å². The maximum Gasteiger partial charge on any atom is 0.416 e. The molecule has 5 rings (SSSR count). The van der Waals surface area contributed by atoms with E-state index in [1.807, 2.05) is 0 Å². The highest BCUT2D eigenvalue weighted by Crippen LogP contribution is 2.36. The summed E-state index contributed by atoms with van der Waals surface area (Å²) in [5.41, 5.74) is 1.21. The highest BCUT2D eigenvalue weighted by atomic mass is 19.4. The molecule has 0 aliphatic carbocycles. The minimum Gasteiger partial charge on any atom is -0.457 e. The van der Waals surface area contributed by atoms with Crippen LogP contribution in [-0.4, -0.2) is 30.8 Å². The average Bonchev–Trinajstić information content (AvgIpc) is 3.20. The first-order valence-corrected chi connectivity index (χ1v) is 10.4. The Labute approximate surface area is 188 Å². The van der Waals surface area contributed by atoms with Crippen LogP contribution < -0.4 is 9.64 Å². The molecule has 0 saturated carbocycles. The van der Waals surface area contributed by atoms with Crippen molar-refractivity contribution in [2.24, 2.45) is 0 Å². The minimum atomic E-state index is -4.40. The Bertz CT molecular complexity index is 1190. The number of hydrogen-bond donors (Lipinski definition) is 1. The van der Waals surface area contributed by atoms with Gasteiger partial charge in [0.05, 0.1) is 18.8 Å². The average molecular weight is 455 g/mol. The summed E-state index contributed by atoms with van der Waals surface area (Å²) in [6.45, 7) is 1.00. The van der Waals surface area contributed by atoms with Crippen molar-refractivity contribution in [1.82, 2.24) is 0 Å². The van der Waals surface area contributed by atoms with Crippen LogP contribution in [0.3, 0.4) is 0 Å². The zero-order chi connectivity index (χ0) is 23.2. The second-order valence-electron chi connectivity index (χ2n) is 8.22. The Morgan fingerprint density at radius 2 is 1.64 bits per heavy atom. The fraction of sp³-hybridized carbons (Fsp3) is 0.240. The summed E-state index contributed by atoms with van der Waals surface area (Å²) in [5, 5.41) is 10.4. The van der Waals surface area contributed by atoms with Crippen molar-refractivity contribution in [3.8, 4) is 11.5 Å². The van der Waals surface area contributed by atoms with Crippen LogP contribution in [0.25, 0.3) is 0 Å². The summed E-state index contributed by atoms with van der Waals surface area (Å²) in [6, 6.07) is 16.7. The first-order chi connectivity index (χ1) is 15.7. The van der Waals surface area contributed by atoms with Gasteiger partial charge in [-0.15, -0.1) is 0 Å². The molecule has 8 heteroatoms. The van der Waals surface area contributed by atoms with Crippen LogP contribution in [0.1, 0.15) is 27.0 Å². The summed E-state index contributed by atoms with van der Waals surface area (Å²) in [7, 11) is 0. The van der Waals surface area contributed by atoms with Gasteiger partial charge in [0.15, 0.2) is 0 Å². The van der Waals surface area contributed by atoms with Crippen LogP contribution in [0.15, 0.2) is 66.7 Å². The molecule has 33 heavy (non-hydrogen) atoms. The van der Waals surface area contributed by atoms with Crippen LogP contribution in [0.5, 0.6) is 11.5 Å². The van der Waals surface area contributed by atoms with E-state index in [2.05, 4.69) is 0 Å². The third-order valence-corrected chi connectivity index (χ3v) is 5.96. The summed E-state index contributed by atoms with van der Waals surface area (Å²) in [5.74, 6) is 0.643. The van der Waals surface area contributed by atoms with Gasteiger partial charge in [0.2, 0.25) is 0 Å². The van der Waals surface area contributed by atoms with E-state index in [1.54, 1.807) is 47.4 Å². The number of nitrogens with zero attached hydrogens (tertiary/aromatic N) is 1. The number of alkyl halides is 3. The number of benzene rings is 3. The normalized spacial score (nSPS) is 16.8. The molecule has 0 atom stereocenters. The Balaban J connectivity index is 1.30. The van der Waals surface area contributed by atoms with Crippen molar-refractivity contribution >= 4 is 11.6 Å². The maximum absolute atomic E-state index is 13.1. The molecule has 170 valence electrons. The highest BCUT2D eigenvalue weighted by Gasteiger charge is 2.38. The zero-order valence-corrected chi connectivity index (χ0v) is 17.4. The molecular weight excluding hydrogens is 435 g/mol. The molecule has 2 heterocycles. The number of amides is 1. The molecular formula is C25H20F3NO4. The van der Waals surface area contributed by atoms with E-state index in [0.717, 1.165) is 28.9 Å². The van der Waals surface area contributed by atoms with E-state index in [1.165, 1.54) is 12.1 Å². The van der Waals surface area contributed by atoms with Gasteiger partial charge >= 0.3 is 6.18 Å². The molecule has 0 radical (unpaired) electrons. The zero-order valence-electron chi connectivity index (χ0n) is 17.4. The van der Waals surface area contributed by atoms with Crippen LogP contribution in [0.4, 0.5) is 18.9 Å². The predicted molar refractivity (Wildman–Crippen MR) is 114 cm³/mol. The fourth-order valence-corrected chi connectivity index (χ4v) is 4.04. The first-order valence-electron chi connectivity index (χ1n) is 10.4. The maximum atomic E-state index is 13.1. The van der Waals surface area contributed by atoms with Gasteiger partial charge in [-0.2, -0.15) is 13.2 Å². The fourth-order valence-electron chi connectivity index (χ4n) is 4.04. The number of aliphatic hydroxyl groups is 1. The smallest absolute Gasteiger partial charge is 0.416 e. The van der Waals surface area contributed by atoms with Gasteiger partial charge in [-0.05, 0) is 72.1 Å². The number of rotatable bonds is 4. The van der Waals surface area contributed by atoms with Crippen LogP contribution in [0.2, 0.25) is 0 Å². The molecule has 3 aromatic carbocycles. The number of anilines is 1. The topological polar surface area (TPSA) is 59.0 Å². The number of carbonyl (C=O) groups is 1. The summed E-state index contributed by atoms with van der Waals surface area (Å²) in [4.78, 5) is 14.7. The van der Waals surface area contributed by atoms with Crippen LogP contribution in [0, 0.1) is 0 Å². The Morgan fingerprint density at radius 3 is 2.24 bits per heavy atom. The molecule has 0 aromatic heterocycles. The Hall–Kier alpha value is -3.36. The number of halogens is 3. The number of carbonyl (C=O) groups excluding carboxylic acids is 1. The van der Waals surface area contributed by atoms with Crippen LogP contribution in [-0.2, 0) is 22.9 Å². The lowest BCUT2D eigenvalue weighted by atomic mass is 9.91. The van der Waals surface area contributed by atoms with E-state index in [0.29, 0.717) is 30.0 Å². The van der Waals surface area contributed by atoms with Gasteiger partial charge in [-0.3, -0.25) is 4.79 Å².